The lowest BCUT2D eigenvalue weighted by atomic mass is 10.3. The molecule has 6 nitrogen and oxygen atoms in total. The highest BCUT2D eigenvalue weighted by atomic mass is 32.2. The molecule has 0 fully saturated rings. The van der Waals surface area contributed by atoms with Gasteiger partial charge in [-0.25, -0.2) is 8.70 Å². The molecule has 20 heavy (non-hydrogen) atoms. The number of rotatable bonds is 6. The molecule has 0 heterocycles. The summed E-state index contributed by atoms with van der Waals surface area (Å²) in [5.74, 6) is -1.21. The molecule has 0 bridgehead atoms. The molecule has 0 aromatic heterocycles. The number of amides is 1. The molecule has 1 aromatic rings. The lowest BCUT2D eigenvalue weighted by Crippen LogP contribution is -2.46. The van der Waals surface area contributed by atoms with Crippen molar-refractivity contribution < 1.29 is 17.6 Å². The van der Waals surface area contributed by atoms with Gasteiger partial charge in [-0.15, -0.1) is 0 Å². The quantitative estimate of drug-likeness (QED) is 0.835. The summed E-state index contributed by atoms with van der Waals surface area (Å²) in [5, 5.41) is 2.49. The Morgan fingerprint density at radius 3 is 2.40 bits per heavy atom. The maximum Gasteiger partial charge on any atom is 0.304 e. The first-order valence-electron chi connectivity index (χ1n) is 6.02. The first kappa shape index (κ1) is 16.4. The van der Waals surface area contributed by atoms with Crippen molar-refractivity contribution >= 4 is 21.8 Å². The minimum atomic E-state index is -3.96. The van der Waals surface area contributed by atoms with Crippen molar-refractivity contribution in [3.05, 3.63) is 30.1 Å². The summed E-state index contributed by atoms with van der Waals surface area (Å²) in [7, 11) is -1.32. The average molecular weight is 303 g/mol. The summed E-state index contributed by atoms with van der Waals surface area (Å²) in [6.07, 6.45) is 0. The molecule has 0 unspecified atom stereocenters. The summed E-state index contributed by atoms with van der Waals surface area (Å²) in [6, 6.07) is 5.42. The summed E-state index contributed by atoms with van der Waals surface area (Å²) in [4.78, 5) is 11.6. The Morgan fingerprint density at radius 1 is 1.30 bits per heavy atom. The van der Waals surface area contributed by atoms with Crippen LogP contribution in [-0.2, 0) is 15.0 Å². The number of benzene rings is 1. The van der Waals surface area contributed by atoms with Gasteiger partial charge < -0.3 is 5.32 Å². The van der Waals surface area contributed by atoms with Crippen LogP contribution >= 0.6 is 0 Å². The van der Waals surface area contributed by atoms with Crippen LogP contribution in [0.5, 0.6) is 0 Å². The highest BCUT2D eigenvalue weighted by Gasteiger charge is 2.28. The summed E-state index contributed by atoms with van der Waals surface area (Å²) in [5.41, 5.74) is -0.160. The molecule has 1 rings (SSSR count). The summed E-state index contributed by atoms with van der Waals surface area (Å²) < 4.78 is 39.9. The van der Waals surface area contributed by atoms with Gasteiger partial charge in [0, 0.05) is 20.6 Å². The van der Waals surface area contributed by atoms with Gasteiger partial charge in [-0.1, -0.05) is 12.1 Å². The number of carbonyl (C=O) groups excluding carboxylic acids is 1. The van der Waals surface area contributed by atoms with Crippen LogP contribution in [0.15, 0.2) is 24.3 Å². The summed E-state index contributed by atoms with van der Waals surface area (Å²) >= 11 is 0. The Labute approximate surface area is 118 Å². The number of anilines is 1. The summed E-state index contributed by atoms with van der Waals surface area (Å²) in [6.45, 7) is 1.60. The fourth-order valence-corrected chi connectivity index (χ4v) is 2.60. The van der Waals surface area contributed by atoms with E-state index in [1.165, 1.54) is 32.3 Å². The van der Waals surface area contributed by atoms with Crippen LogP contribution in [0.3, 0.4) is 0 Å². The lowest BCUT2D eigenvalue weighted by molar-refractivity contribution is -0.119. The number of nitrogens with one attached hydrogen (secondary N) is 1. The number of carbonyl (C=O) groups is 1. The van der Waals surface area contributed by atoms with Crippen molar-refractivity contribution in [2.75, 3.05) is 31.5 Å². The van der Waals surface area contributed by atoms with Gasteiger partial charge in [0.15, 0.2) is 0 Å². The fourth-order valence-electron chi connectivity index (χ4n) is 1.53. The van der Waals surface area contributed by atoms with Crippen molar-refractivity contribution in [1.29, 1.82) is 0 Å². The van der Waals surface area contributed by atoms with E-state index in [4.69, 9.17) is 0 Å². The number of likely N-dealkylation sites (N-methyl/N-ethyl adjacent to an activating group) is 1. The number of nitrogens with zero attached hydrogens (tertiary/aromatic N) is 2. The largest absolute Gasteiger partial charge is 0.355 e. The van der Waals surface area contributed by atoms with E-state index in [-0.39, 0.29) is 5.69 Å². The van der Waals surface area contributed by atoms with Crippen molar-refractivity contribution in [1.82, 2.24) is 9.62 Å². The Kier molecular flexibility index (Phi) is 5.46. The van der Waals surface area contributed by atoms with Crippen LogP contribution < -0.4 is 9.62 Å². The molecule has 112 valence electrons. The topological polar surface area (TPSA) is 69.7 Å². The Balaban J connectivity index is 3.22. The predicted molar refractivity (Wildman–Crippen MR) is 75.0 cm³/mol. The molecule has 1 amide bonds. The standard InChI is InChI=1S/C12H18FN3O3S/c1-4-14-12(17)9-16(20(18,19)15(2)3)11-8-6-5-7-10(11)13/h5-8H,4,9H2,1-3H3,(H,14,17). The number of para-hydroxylation sites is 1. The van der Waals surface area contributed by atoms with E-state index in [1.807, 2.05) is 0 Å². The molecule has 0 saturated heterocycles. The van der Waals surface area contributed by atoms with Gasteiger partial charge in [0.25, 0.3) is 0 Å². The third-order valence-corrected chi connectivity index (χ3v) is 4.33. The number of hydrogen-bond donors (Lipinski definition) is 1. The van der Waals surface area contributed by atoms with Crippen molar-refractivity contribution in [2.45, 2.75) is 6.92 Å². The van der Waals surface area contributed by atoms with Crippen LogP contribution in [-0.4, -0.2) is 45.8 Å². The first-order valence-corrected chi connectivity index (χ1v) is 7.41. The molecule has 0 aliphatic heterocycles. The minimum absolute atomic E-state index is 0.160. The Bertz CT molecular complexity index is 575. The predicted octanol–water partition coefficient (Wildman–Crippen LogP) is 0.575. The molecular formula is C12H18FN3O3S. The van der Waals surface area contributed by atoms with Gasteiger partial charge in [0.05, 0.1) is 5.69 Å². The van der Waals surface area contributed by atoms with Gasteiger partial charge in [-0.05, 0) is 19.1 Å². The molecular weight excluding hydrogens is 285 g/mol. The average Bonchev–Trinajstić information content (AvgIpc) is 2.37. The van der Waals surface area contributed by atoms with Crippen molar-refractivity contribution in [2.24, 2.45) is 0 Å². The molecule has 1 N–H and O–H groups in total. The van der Waals surface area contributed by atoms with Crippen LogP contribution in [0, 0.1) is 5.82 Å². The van der Waals surface area contributed by atoms with E-state index in [0.717, 1.165) is 14.7 Å². The monoisotopic (exact) mass is 303 g/mol. The second kappa shape index (κ2) is 6.67. The SMILES string of the molecule is CCNC(=O)CN(c1ccccc1F)S(=O)(=O)N(C)C. The second-order valence-corrected chi connectivity index (χ2v) is 6.27. The normalized spacial score (nSPS) is 11.4. The van der Waals surface area contributed by atoms with Gasteiger partial charge in [-0.2, -0.15) is 12.7 Å². The van der Waals surface area contributed by atoms with Crippen LogP contribution in [0.2, 0.25) is 0 Å². The Hall–Kier alpha value is -1.67. The van der Waals surface area contributed by atoms with E-state index in [1.54, 1.807) is 6.92 Å². The van der Waals surface area contributed by atoms with Crippen LogP contribution in [0.25, 0.3) is 0 Å². The molecule has 1 aromatic carbocycles. The van der Waals surface area contributed by atoms with E-state index >= 15 is 0 Å². The maximum absolute atomic E-state index is 13.8. The third-order valence-electron chi connectivity index (χ3n) is 2.52. The van der Waals surface area contributed by atoms with Crippen molar-refractivity contribution in [3.8, 4) is 0 Å². The molecule has 0 aliphatic rings. The highest BCUT2D eigenvalue weighted by Crippen LogP contribution is 2.22. The van der Waals surface area contributed by atoms with Gasteiger partial charge >= 0.3 is 10.2 Å². The van der Waals surface area contributed by atoms with Crippen molar-refractivity contribution in [3.63, 3.8) is 0 Å². The van der Waals surface area contributed by atoms with Gasteiger partial charge in [0.2, 0.25) is 5.91 Å². The molecule has 0 saturated carbocycles. The maximum atomic E-state index is 13.8. The third kappa shape index (κ3) is 3.67. The minimum Gasteiger partial charge on any atom is -0.355 e. The zero-order valence-electron chi connectivity index (χ0n) is 11.6. The van der Waals surface area contributed by atoms with Gasteiger partial charge in [0.1, 0.15) is 12.4 Å². The number of hydrogen-bond acceptors (Lipinski definition) is 3. The lowest BCUT2D eigenvalue weighted by Gasteiger charge is -2.27. The Morgan fingerprint density at radius 2 is 1.90 bits per heavy atom. The first-order chi connectivity index (χ1) is 9.30. The zero-order chi connectivity index (χ0) is 15.3. The van der Waals surface area contributed by atoms with E-state index in [0.29, 0.717) is 6.54 Å². The van der Waals surface area contributed by atoms with Crippen LogP contribution in [0.4, 0.5) is 10.1 Å². The highest BCUT2D eigenvalue weighted by molar-refractivity contribution is 7.90. The zero-order valence-corrected chi connectivity index (χ0v) is 12.4. The fraction of sp³-hybridized carbons (Fsp3) is 0.417. The molecule has 8 heteroatoms. The van der Waals surface area contributed by atoms with Gasteiger partial charge in [-0.3, -0.25) is 4.79 Å². The van der Waals surface area contributed by atoms with E-state index in [9.17, 15) is 17.6 Å². The second-order valence-electron chi connectivity index (χ2n) is 4.20. The van der Waals surface area contributed by atoms with Crippen LogP contribution in [0.1, 0.15) is 6.92 Å². The molecule has 0 aliphatic carbocycles. The van der Waals surface area contributed by atoms with E-state index < -0.39 is 28.5 Å². The number of halogens is 1. The molecule has 0 atom stereocenters. The van der Waals surface area contributed by atoms with E-state index in [2.05, 4.69) is 5.32 Å². The smallest absolute Gasteiger partial charge is 0.304 e. The molecule has 0 radical (unpaired) electrons. The molecule has 0 spiro atoms.